The number of H-pyrrole nitrogens is 2. The first-order valence-electron chi connectivity index (χ1n) is 4.68. The van der Waals surface area contributed by atoms with Gasteiger partial charge in [0.15, 0.2) is 10.9 Å². The van der Waals surface area contributed by atoms with Crippen LogP contribution in [0.5, 0.6) is 5.75 Å². The molecule has 2 aromatic rings. The summed E-state index contributed by atoms with van der Waals surface area (Å²) < 4.78 is 5.14. The lowest BCUT2D eigenvalue weighted by atomic mass is 10.3. The van der Waals surface area contributed by atoms with Gasteiger partial charge in [-0.25, -0.2) is 9.78 Å². The van der Waals surface area contributed by atoms with Crippen molar-refractivity contribution in [2.75, 3.05) is 13.2 Å². The fraction of sp³-hybridized carbons (Fsp3) is 0.222. The van der Waals surface area contributed by atoms with Crippen molar-refractivity contribution in [3.05, 3.63) is 32.2 Å². The lowest BCUT2D eigenvalue weighted by molar-refractivity contribution is 0.202. The molecule has 0 unspecified atom stereocenters. The third-order valence-electron chi connectivity index (χ3n) is 2.04. The van der Waals surface area contributed by atoms with Crippen LogP contribution in [0.4, 0.5) is 0 Å². The van der Waals surface area contributed by atoms with Crippen molar-refractivity contribution in [3.63, 3.8) is 0 Å². The summed E-state index contributed by atoms with van der Waals surface area (Å²) in [5.41, 5.74) is -1.09. The van der Waals surface area contributed by atoms with Crippen LogP contribution in [0.15, 0.2) is 15.8 Å². The summed E-state index contributed by atoms with van der Waals surface area (Å²) >= 11 is 5.79. The maximum absolute atomic E-state index is 11.5. The molecule has 90 valence electrons. The third-order valence-corrected chi connectivity index (χ3v) is 2.31. The quantitative estimate of drug-likeness (QED) is 0.651. The number of aliphatic hydroxyl groups excluding tert-OH is 1. The van der Waals surface area contributed by atoms with Crippen LogP contribution in [-0.2, 0) is 0 Å². The predicted octanol–water partition coefficient (Wildman–Crippen LogP) is -0.364. The van der Waals surface area contributed by atoms with Crippen LogP contribution in [-0.4, -0.2) is 33.3 Å². The second kappa shape index (κ2) is 4.56. The monoisotopic (exact) mass is 257 g/mol. The summed E-state index contributed by atoms with van der Waals surface area (Å²) in [7, 11) is 0. The van der Waals surface area contributed by atoms with E-state index in [1.807, 2.05) is 0 Å². The highest BCUT2D eigenvalue weighted by Gasteiger charge is 2.12. The molecule has 7 nitrogen and oxygen atoms in total. The summed E-state index contributed by atoms with van der Waals surface area (Å²) in [6.45, 7) is -0.241. The van der Waals surface area contributed by atoms with Crippen LogP contribution in [0.2, 0.25) is 5.15 Å². The summed E-state index contributed by atoms with van der Waals surface area (Å²) in [4.78, 5) is 30.9. The van der Waals surface area contributed by atoms with Gasteiger partial charge in [0.2, 0.25) is 0 Å². The Bertz CT molecular complexity index is 663. The number of hydrogen-bond donors (Lipinski definition) is 3. The highest BCUT2D eigenvalue weighted by Crippen LogP contribution is 2.27. The second-order valence-electron chi connectivity index (χ2n) is 3.15. The minimum absolute atomic E-state index is 0.00667. The number of aromatic amines is 2. The SMILES string of the molecule is O=c1[nH]c(=O)c2cnc(Cl)c(OCCO)c2[nH]1. The third kappa shape index (κ3) is 2.15. The van der Waals surface area contributed by atoms with Gasteiger partial charge in [-0.05, 0) is 0 Å². The van der Waals surface area contributed by atoms with E-state index in [0.717, 1.165) is 0 Å². The first-order valence-corrected chi connectivity index (χ1v) is 5.05. The number of nitrogens with zero attached hydrogens (tertiary/aromatic N) is 1. The van der Waals surface area contributed by atoms with E-state index in [2.05, 4.69) is 15.0 Å². The van der Waals surface area contributed by atoms with E-state index in [4.69, 9.17) is 21.4 Å². The molecule has 0 aliphatic heterocycles. The minimum Gasteiger partial charge on any atom is -0.486 e. The molecule has 0 amide bonds. The van der Waals surface area contributed by atoms with Crippen LogP contribution in [0.3, 0.4) is 0 Å². The number of halogens is 1. The maximum Gasteiger partial charge on any atom is 0.326 e. The molecule has 8 heteroatoms. The Hall–Kier alpha value is -1.86. The average molecular weight is 258 g/mol. The molecule has 0 radical (unpaired) electrons. The summed E-state index contributed by atoms with van der Waals surface area (Å²) in [6.07, 6.45) is 1.23. The molecule has 0 aromatic carbocycles. The molecule has 0 aliphatic rings. The van der Waals surface area contributed by atoms with Crippen molar-refractivity contribution in [1.82, 2.24) is 15.0 Å². The van der Waals surface area contributed by atoms with E-state index in [1.165, 1.54) is 6.20 Å². The molecule has 0 saturated heterocycles. The smallest absolute Gasteiger partial charge is 0.326 e. The fourth-order valence-electron chi connectivity index (χ4n) is 1.36. The zero-order valence-electron chi connectivity index (χ0n) is 8.49. The molecule has 0 spiro atoms. The summed E-state index contributed by atoms with van der Waals surface area (Å²) in [6, 6.07) is 0. The maximum atomic E-state index is 11.5. The zero-order chi connectivity index (χ0) is 12.4. The van der Waals surface area contributed by atoms with Gasteiger partial charge in [0.05, 0.1) is 12.0 Å². The molecule has 2 rings (SSSR count). The van der Waals surface area contributed by atoms with Crippen molar-refractivity contribution in [2.24, 2.45) is 0 Å². The lowest BCUT2D eigenvalue weighted by Gasteiger charge is -2.08. The van der Waals surface area contributed by atoms with Crippen molar-refractivity contribution in [1.29, 1.82) is 0 Å². The van der Waals surface area contributed by atoms with E-state index in [0.29, 0.717) is 0 Å². The predicted molar refractivity (Wildman–Crippen MR) is 60.6 cm³/mol. The van der Waals surface area contributed by atoms with Crippen LogP contribution in [0.25, 0.3) is 10.9 Å². The molecule has 0 atom stereocenters. The molecule has 0 bridgehead atoms. The van der Waals surface area contributed by atoms with Gasteiger partial charge in [0.1, 0.15) is 12.1 Å². The van der Waals surface area contributed by atoms with Gasteiger partial charge in [-0.2, -0.15) is 0 Å². The highest BCUT2D eigenvalue weighted by molar-refractivity contribution is 6.31. The summed E-state index contributed by atoms with van der Waals surface area (Å²) in [5, 5.41) is 8.83. The van der Waals surface area contributed by atoms with Crippen LogP contribution in [0.1, 0.15) is 0 Å². The Morgan fingerprint density at radius 3 is 2.88 bits per heavy atom. The van der Waals surface area contributed by atoms with Crippen molar-refractivity contribution >= 4 is 22.5 Å². The van der Waals surface area contributed by atoms with Crippen LogP contribution in [0, 0.1) is 0 Å². The number of rotatable bonds is 3. The molecule has 2 aromatic heterocycles. The van der Waals surface area contributed by atoms with E-state index >= 15 is 0 Å². The Balaban J connectivity index is 2.75. The van der Waals surface area contributed by atoms with Gasteiger partial charge >= 0.3 is 5.69 Å². The van der Waals surface area contributed by atoms with E-state index in [1.54, 1.807) is 0 Å². The lowest BCUT2D eigenvalue weighted by Crippen LogP contribution is -2.22. The summed E-state index contributed by atoms with van der Waals surface area (Å²) in [5.74, 6) is 0.0708. The van der Waals surface area contributed by atoms with Gasteiger partial charge in [0, 0.05) is 6.20 Å². The van der Waals surface area contributed by atoms with E-state index < -0.39 is 11.2 Å². The minimum atomic E-state index is -0.668. The Labute approximate surface area is 99.0 Å². The number of hydrogen-bond acceptors (Lipinski definition) is 5. The van der Waals surface area contributed by atoms with Crippen molar-refractivity contribution in [2.45, 2.75) is 0 Å². The number of fused-ring (bicyclic) bond motifs is 1. The standard InChI is InChI=1S/C9H8ClN3O4/c10-7-6(17-2-1-14)5-4(3-11-7)8(15)13-9(16)12-5/h3,14H,1-2H2,(H2,12,13,15,16). The van der Waals surface area contributed by atoms with Crippen LogP contribution < -0.4 is 16.0 Å². The normalized spacial score (nSPS) is 10.7. The molecule has 2 heterocycles. The highest BCUT2D eigenvalue weighted by atomic mass is 35.5. The number of ether oxygens (including phenoxy) is 1. The van der Waals surface area contributed by atoms with Crippen molar-refractivity contribution < 1.29 is 9.84 Å². The average Bonchev–Trinajstić information content (AvgIpc) is 2.27. The topological polar surface area (TPSA) is 108 Å². The van der Waals surface area contributed by atoms with Gasteiger partial charge in [-0.15, -0.1) is 0 Å². The Kier molecular flexibility index (Phi) is 3.12. The molecule has 0 saturated carbocycles. The van der Waals surface area contributed by atoms with E-state index in [-0.39, 0.29) is 35.0 Å². The Morgan fingerprint density at radius 2 is 2.18 bits per heavy atom. The van der Waals surface area contributed by atoms with Gasteiger partial charge in [0.25, 0.3) is 5.56 Å². The molecular weight excluding hydrogens is 250 g/mol. The molecular formula is C9H8ClN3O4. The first-order chi connectivity index (χ1) is 8.13. The Morgan fingerprint density at radius 1 is 1.41 bits per heavy atom. The molecule has 0 aliphatic carbocycles. The van der Waals surface area contributed by atoms with Gasteiger partial charge in [-0.1, -0.05) is 11.6 Å². The van der Waals surface area contributed by atoms with Crippen LogP contribution >= 0.6 is 11.6 Å². The largest absolute Gasteiger partial charge is 0.486 e. The number of nitrogens with one attached hydrogen (secondary N) is 2. The molecule has 17 heavy (non-hydrogen) atoms. The number of aliphatic hydroxyl groups is 1. The molecule has 0 fully saturated rings. The van der Waals surface area contributed by atoms with Gasteiger partial charge < -0.3 is 14.8 Å². The number of pyridine rings is 1. The first kappa shape index (κ1) is 11.6. The van der Waals surface area contributed by atoms with Crippen molar-refractivity contribution in [3.8, 4) is 5.75 Å². The second-order valence-corrected chi connectivity index (χ2v) is 3.51. The zero-order valence-corrected chi connectivity index (χ0v) is 9.24. The van der Waals surface area contributed by atoms with E-state index in [9.17, 15) is 9.59 Å². The molecule has 3 N–H and O–H groups in total. The number of aromatic nitrogens is 3. The fourth-order valence-corrected chi connectivity index (χ4v) is 1.56. The van der Waals surface area contributed by atoms with Gasteiger partial charge in [-0.3, -0.25) is 9.78 Å².